The van der Waals surface area contributed by atoms with Crippen LogP contribution >= 0.6 is 0 Å². The molecule has 28 heavy (non-hydrogen) atoms. The zero-order valence-electron chi connectivity index (χ0n) is 15.1. The molecule has 1 aliphatic heterocycles. The zero-order chi connectivity index (χ0) is 19.7. The molecule has 4 rings (SSSR count). The zero-order valence-corrected chi connectivity index (χ0v) is 15.1. The summed E-state index contributed by atoms with van der Waals surface area (Å²) in [6.07, 6.45) is 6.23. The quantitative estimate of drug-likeness (QED) is 0.264. The normalized spacial score (nSPS) is 30.5. The molecule has 1 saturated heterocycles. The maximum absolute atomic E-state index is 10.3. The van der Waals surface area contributed by atoms with Gasteiger partial charge in [-0.25, -0.2) is 10.4 Å². The number of allylic oxidation sites excluding steroid dienone is 2. The third kappa shape index (κ3) is 3.44. The van der Waals surface area contributed by atoms with Crippen LogP contribution in [-0.2, 0) is 4.74 Å². The highest BCUT2D eigenvalue weighted by molar-refractivity contribution is 5.83. The standard InChI is InChI=1S/C17H23N7O4/c18-14-11-15(22-17(21-14)23-20-6-9-4-2-1-3-5-9)24(8-19-11)16-13(27)12(26)10(7-25)28-16/h1-2,6,8-10,12-13,16,25-27H,3-5,7H2,(H3,18,21,22,23)/t9?,10-,12-,13-,16-/m1/s1. The summed E-state index contributed by atoms with van der Waals surface area (Å²) in [6.45, 7) is -0.420. The number of aliphatic hydroxyl groups is 3. The van der Waals surface area contributed by atoms with E-state index in [1.165, 1.54) is 10.9 Å². The Morgan fingerprint density at radius 2 is 2.18 bits per heavy atom. The summed E-state index contributed by atoms with van der Waals surface area (Å²) in [5.41, 5.74) is 9.42. The summed E-state index contributed by atoms with van der Waals surface area (Å²) in [6, 6.07) is 0. The number of ether oxygens (including phenoxy) is 1. The molecular formula is C17H23N7O4. The molecule has 1 unspecified atom stereocenters. The van der Waals surface area contributed by atoms with Crippen molar-refractivity contribution in [2.75, 3.05) is 17.8 Å². The molecule has 2 aromatic rings. The molecule has 0 aromatic carbocycles. The SMILES string of the molecule is Nc1nc(NN=CC2CC=CCC2)nc2c1ncn2[C@@H]1O[C@H](CO)[C@@H](O)[C@H]1O. The number of nitrogen functional groups attached to an aromatic ring is 1. The molecule has 3 heterocycles. The molecular weight excluding hydrogens is 366 g/mol. The smallest absolute Gasteiger partial charge is 0.247 e. The molecule has 0 spiro atoms. The molecule has 5 atom stereocenters. The van der Waals surface area contributed by atoms with E-state index >= 15 is 0 Å². The second-order valence-corrected chi connectivity index (χ2v) is 6.92. The fraction of sp³-hybridized carbons (Fsp3) is 0.529. The Kier molecular flexibility index (Phi) is 5.22. The van der Waals surface area contributed by atoms with E-state index in [9.17, 15) is 15.3 Å². The van der Waals surface area contributed by atoms with Crippen molar-refractivity contribution in [1.29, 1.82) is 0 Å². The Balaban J connectivity index is 1.58. The molecule has 0 bridgehead atoms. The molecule has 1 aliphatic carbocycles. The third-order valence-corrected chi connectivity index (χ3v) is 5.00. The highest BCUT2D eigenvalue weighted by Gasteiger charge is 2.44. The summed E-state index contributed by atoms with van der Waals surface area (Å²) in [7, 11) is 0. The number of fused-ring (bicyclic) bond motifs is 1. The maximum Gasteiger partial charge on any atom is 0.247 e. The van der Waals surface area contributed by atoms with Gasteiger partial charge in [-0.2, -0.15) is 15.1 Å². The lowest BCUT2D eigenvalue weighted by atomic mass is 9.96. The lowest BCUT2D eigenvalue weighted by Gasteiger charge is -2.16. The fourth-order valence-electron chi connectivity index (χ4n) is 3.44. The highest BCUT2D eigenvalue weighted by atomic mass is 16.6. The van der Waals surface area contributed by atoms with Crippen LogP contribution in [0.1, 0.15) is 25.5 Å². The van der Waals surface area contributed by atoms with Crippen LogP contribution in [0.4, 0.5) is 11.8 Å². The van der Waals surface area contributed by atoms with Crippen LogP contribution < -0.4 is 11.2 Å². The number of hydrogen-bond acceptors (Lipinski definition) is 10. The Morgan fingerprint density at radius 1 is 1.32 bits per heavy atom. The van der Waals surface area contributed by atoms with Gasteiger partial charge in [0.25, 0.3) is 0 Å². The molecule has 1 fully saturated rings. The number of rotatable bonds is 5. The van der Waals surface area contributed by atoms with Crippen molar-refractivity contribution < 1.29 is 20.1 Å². The number of nitrogens with two attached hydrogens (primary N) is 1. The van der Waals surface area contributed by atoms with Crippen molar-refractivity contribution in [3.8, 4) is 0 Å². The van der Waals surface area contributed by atoms with Crippen molar-refractivity contribution in [3.63, 3.8) is 0 Å². The van der Waals surface area contributed by atoms with E-state index in [0.717, 1.165) is 19.3 Å². The van der Waals surface area contributed by atoms with E-state index in [4.69, 9.17) is 10.5 Å². The van der Waals surface area contributed by atoms with Crippen molar-refractivity contribution in [2.45, 2.75) is 43.8 Å². The second kappa shape index (κ2) is 7.80. The van der Waals surface area contributed by atoms with E-state index < -0.39 is 31.1 Å². The average Bonchev–Trinajstić information content (AvgIpc) is 3.24. The van der Waals surface area contributed by atoms with Gasteiger partial charge in [0.05, 0.1) is 12.9 Å². The lowest BCUT2D eigenvalue weighted by molar-refractivity contribution is -0.0511. The predicted molar refractivity (Wildman–Crippen MR) is 101 cm³/mol. The van der Waals surface area contributed by atoms with Gasteiger partial charge >= 0.3 is 0 Å². The van der Waals surface area contributed by atoms with Crippen molar-refractivity contribution >= 4 is 29.1 Å². The molecule has 0 radical (unpaired) electrons. The van der Waals surface area contributed by atoms with Gasteiger partial charge in [-0.1, -0.05) is 12.2 Å². The molecule has 2 aromatic heterocycles. The van der Waals surface area contributed by atoms with Crippen LogP contribution in [0.5, 0.6) is 0 Å². The highest BCUT2D eigenvalue weighted by Crippen LogP contribution is 2.32. The third-order valence-electron chi connectivity index (χ3n) is 5.00. The van der Waals surface area contributed by atoms with Crippen molar-refractivity contribution in [2.24, 2.45) is 11.0 Å². The monoisotopic (exact) mass is 389 g/mol. The van der Waals surface area contributed by atoms with Gasteiger partial charge in [0.2, 0.25) is 5.95 Å². The number of anilines is 2. The molecule has 2 aliphatic rings. The minimum absolute atomic E-state index is 0.147. The molecule has 0 amide bonds. The number of imidazole rings is 1. The van der Waals surface area contributed by atoms with Crippen molar-refractivity contribution in [3.05, 3.63) is 18.5 Å². The van der Waals surface area contributed by atoms with Crippen LogP contribution in [0.2, 0.25) is 0 Å². The number of nitrogens with one attached hydrogen (secondary N) is 1. The van der Waals surface area contributed by atoms with Gasteiger partial charge in [-0.15, -0.1) is 0 Å². The Labute approximate surface area is 160 Å². The first kappa shape index (κ1) is 18.7. The molecule has 11 heteroatoms. The number of hydrogen-bond donors (Lipinski definition) is 5. The molecule has 11 nitrogen and oxygen atoms in total. The Hall–Kier alpha value is -2.60. The average molecular weight is 389 g/mol. The molecule has 6 N–H and O–H groups in total. The summed E-state index contributed by atoms with van der Waals surface area (Å²) in [5, 5.41) is 33.7. The number of hydrazone groups is 1. The second-order valence-electron chi connectivity index (χ2n) is 6.92. The predicted octanol–water partition coefficient (Wildman–Crippen LogP) is -0.226. The topological polar surface area (TPSA) is 164 Å². The van der Waals surface area contributed by atoms with Crippen LogP contribution in [0.25, 0.3) is 11.2 Å². The summed E-state index contributed by atoms with van der Waals surface area (Å²) in [4.78, 5) is 12.7. The maximum atomic E-state index is 10.3. The Morgan fingerprint density at radius 3 is 2.89 bits per heavy atom. The van der Waals surface area contributed by atoms with Crippen LogP contribution in [0.3, 0.4) is 0 Å². The number of aromatic nitrogens is 4. The van der Waals surface area contributed by atoms with Gasteiger partial charge in [0, 0.05) is 6.21 Å². The number of aliphatic hydroxyl groups excluding tert-OH is 3. The van der Waals surface area contributed by atoms with Gasteiger partial charge in [0.1, 0.15) is 23.8 Å². The van der Waals surface area contributed by atoms with Crippen LogP contribution in [-0.4, -0.2) is 66.0 Å². The lowest BCUT2D eigenvalue weighted by Crippen LogP contribution is -2.33. The largest absolute Gasteiger partial charge is 0.394 e. The summed E-state index contributed by atoms with van der Waals surface area (Å²) >= 11 is 0. The van der Waals surface area contributed by atoms with Crippen LogP contribution in [0.15, 0.2) is 23.6 Å². The van der Waals surface area contributed by atoms with Gasteiger partial charge < -0.3 is 25.8 Å². The van der Waals surface area contributed by atoms with Gasteiger partial charge in [-0.05, 0) is 25.2 Å². The first-order valence-corrected chi connectivity index (χ1v) is 9.15. The summed E-state index contributed by atoms with van der Waals surface area (Å²) in [5.74, 6) is 0.693. The minimum atomic E-state index is -1.25. The first-order chi connectivity index (χ1) is 13.6. The first-order valence-electron chi connectivity index (χ1n) is 9.15. The molecule has 150 valence electrons. The fourth-order valence-corrected chi connectivity index (χ4v) is 3.44. The van der Waals surface area contributed by atoms with Gasteiger partial charge in [0.15, 0.2) is 17.7 Å². The molecule has 0 saturated carbocycles. The van der Waals surface area contributed by atoms with Crippen LogP contribution in [0, 0.1) is 5.92 Å². The van der Waals surface area contributed by atoms with Gasteiger partial charge in [-0.3, -0.25) is 4.57 Å². The minimum Gasteiger partial charge on any atom is -0.394 e. The Bertz CT molecular complexity index is 899. The van der Waals surface area contributed by atoms with Crippen molar-refractivity contribution in [1.82, 2.24) is 19.5 Å². The van der Waals surface area contributed by atoms with E-state index in [1.54, 1.807) is 0 Å². The van der Waals surface area contributed by atoms with E-state index in [2.05, 4.69) is 37.6 Å². The van der Waals surface area contributed by atoms with E-state index in [1.807, 2.05) is 6.21 Å². The van der Waals surface area contributed by atoms with E-state index in [0.29, 0.717) is 17.1 Å². The van der Waals surface area contributed by atoms with E-state index in [-0.39, 0.29) is 11.8 Å². The summed E-state index contributed by atoms with van der Waals surface area (Å²) < 4.78 is 7.00. The number of nitrogens with zero attached hydrogens (tertiary/aromatic N) is 5.